The summed E-state index contributed by atoms with van der Waals surface area (Å²) in [5.41, 5.74) is 10.7. The maximum absolute atomic E-state index is 13.2. The molecular weight excluding hydrogens is 257 g/mol. The summed E-state index contributed by atoms with van der Waals surface area (Å²) in [6, 6.07) is 11.8. The van der Waals surface area contributed by atoms with E-state index in [0.717, 1.165) is 16.5 Å². The molecule has 0 aliphatic rings. The van der Waals surface area contributed by atoms with Gasteiger partial charge in [-0.15, -0.1) is 0 Å². The first kappa shape index (κ1) is 12.2. The summed E-state index contributed by atoms with van der Waals surface area (Å²) in [5, 5.41) is 8.72. The van der Waals surface area contributed by atoms with Crippen molar-refractivity contribution in [3.8, 4) is 0 Å². The van der Waals surface area contributed by atoms with Crippen molar-refractivity contribution in [2.45, 2.75) is 6.54 Å². The van der Waals surface area contributed by atoms with Crippen molar-refractivity contribution in [3.05, 3.63) is 70.5 Å². The van der Waals surface area contributed by atoms with Gasteiger partial charge in [-0.05, 0) is 35.4 Å². The Morgan fingerprint density at radius 3 is 2.95 bits per heavy atom. The minimum absolute atomic E-state index is 0.260. The van der Waals surface area contributed by atoms with Gasteiger partial charge in [-0.2, -0.15) is 5.10 Å². The van der Waals surface area contributed by atoms with Crippen LogP contribution in [-0.2, 0) is 6.54 Å². The molecule has 0 N–H and O–H groups in total. The summed E-state index contributed by atoms with van der Waals surface area (Å²) in [4.78, 5) is 2.75. The van der Waals surface area contributed by atoms with Crippen LogP contribution in [0.2, 0.25) is 0 Å². The maximum atomic E-state index is 13.2. The van der Waals surface area contributed by atoms with Crippen molar-refractivity contribution in [3.63, 3.8) is 0 Å². The maximum Gasteiger partial charge on any atom is 0.123 e. The molecule has 2 aromatic carbocycles. The molecule has 0 unspecified atom stereocenters. The third kappa shape index (κ3) is 2.32. The average molecular weight is 267 g/mol. The van der Waals surface area contributed by atoms with Gasteiger partial charge in [0.05, 0.1) is 18.3 Å². The van der Waals surface area contributed by atoms with Crippen LogP contribution in [0.15, 0.2) is 53.8 Å². The number of aromatic nitrogens is 2. The molecule has 98 valence electrons. The van der Waals surface area contributed by atoms with Crippen molar-refractivity contribution in [1.82, 2.24) is 9.78 Å². The normalized spacial score (nSPS) is 10.4. The molecule has 0 saturated heterocycles. The molecule has 5 nitrogen and oxygen atoms in total. The Morgan fingerprint density at radius 1 is 1.25 bits per heavy atom. The molecule has 1 aromatic heterocycles. The summed E-state index contributed by atoms with van der Waals surface area (Å²) in [6.07, 6.45) is 1.70. The van der Waals surface area contributed by atoms with Gasteiger partial charge in [-0.3, -0.25) is 4.68 Å². The van der Waals surface area contributed by atoms with Crippen LogP contribution in [0.4, 0.5) is 10.1 Å². The lowest BCUT2D eigenvalue weighted by molar-refractivity contribution is 0.621. The Bertz CT molecular complexity index is 817. The topological polar surface area (TPSA) is 66.6 Å². The summed E-state index contributed by atoms with van der Waals surface area (Å²) < 4.78 is 15.0. The van der Waals surface area contributed by atoms with E-state index in [4.69, 9.17) is 5.53 Å². The van der Waals surface area contributed by atoms with Crippen LogP contribution in [0.3, 0.4) is 0 Å². The second-order valence-electron chi connectivity index (χ2n) is 4.36. The molecule has 3 aromatic rings. The number of azide groups is 1. The largest absolute Gasteiger partial charge is 0.260 e. The lowest BCUT2D eigenvalue weighted by Crippen LogP contribution is -2.01. The zero-order chi connectivity index (χ0) is 13.9. The molecular formula is C14H10FN5. The van der Waals surface area contributed by atoms with Crippen LogP contribution < -0.4 is 0 Å². The van der Waals surface area contributed by atoms with Crippen LogP contribution in [0, 0.1) is 5.82 Å². The van der Waals surface area contributed by atoms with Gasteiger partial charge in [-0.25, -0.2) is 4.39 Å². The van der Waals surface area contributed by atoms with E-state index >= 15 is 0 Å². The van der Waals surface area contributed by atoms with E-state index in [2.05, 4.69) is 15.1 Å². The smallest absolute Gasteiger partial charge is 0.123 e. The van der Waals surface area contributed by atoms with Gasteiger partial charge in [-0.1, -0.05) is 23.3 Å². The lowest BCUT2D eigenvalue weighted by atomic mass is 10.2. The number of hydrogen-bond donors (Lipinski definition) is 0. The van der Waals surface area contributed by atoms with E-state index < -0.39 is 0 Å². The highest BCUT2D eigenvalue weighted by molar-refractivity contribution is 5.81. The first-order valence-electron chi connectivity index (χ1n) is 6.01. The van der Waals surface area contributed by atoms with E-state index in [0.29, 0.717) is 12.2 Å². The minimum atomic E-state index is -0.260. The summed E-state index contributed by atoms with van der Waals surface area (Å²) in [6.45, 7) is 0.488. The molecule has 0 spiro atoms. The number of nitrogens with zero attached hydrogens (tertiary/aromatic N) is 5. The molecule has 0 aliphatic carbocycles. The highest BCUT2D eigenvalue weighted by atomic mass is 19.1. The molecule has 6 heteroatoms. The molecule has 3 rings (SSSR count). The van der Waals surface area contributed by atoms with Gasteiger partial charge in [0, 0.05) is 16.0 Å². The highest BCUT2D eigenvalue weighted by Gasteiger charge is 2.04. The zero-order valence-electron chi connectivity index (χ0n) is 10.4. The Labute approximate surface area is 113 Å². The van der Waals surface area contributed by atoms with E-state index in [1.807, 2.05) is 12.1 Å². The van der Waals surface area contributed by atoms with Gasteiger partial charge < -0.3 is 0 Å². The Hall–Kier alpha value is -2.85. The number of rotatable bonds is 3. The quantitative estimate of drug-likeness (QED) is 0.399. The van der Waals surface area contributed by atoms with E-state index in [1.165, 1.54) is 12.1 Å². The van der Waals surface area contributed by atoms with Crippen molar-refractivity contribution >= 4 is 16.6 Å². The fraction of sp³-hybridized carbons (Fsp3) is 0.0714. The van der Waals surface area contributed by atoms with Crippen LogP contribution in [0.1, 0.15) is 5.56 Å². The SMILES string of the molecule is [N-]=[N+]=Nc1ccc2c(cnn2Cc2cccc(F)c2)c1. The molecule has 0 atom stereocenters. The molecule has 0 radical (unpaired) electrons. The van der Waals surface area contributed by atoms with E-state index in [-0.39, 0.29) is 5.82 Å². The summed E-state index contributed by atoms with van der Waals surface area (Å²) in [7, 11) is 0. The average Bonchev–Trinajstić information content (AvgIpc) is 2.82. The van der Waals surface area contributed by atoms with Crippen molar-refractivity contribution in [2.75, 3.05) is 0 Å². The lowest BCUT2D eigenvalue weighted by Gasteiger charge is -2.04. The minimum Gasteiger partial charge on any atom is -0.260 e. The number of halogens is 1. The molecule has 0 fully saturated rings. The number of hydrogen-bond acceptors (Lipinski definition) is 2. The van der Waals surface area contributed by atoms with Gasteiger partial charge >= 0.3 is 0 Å². The summed E-state index contributed by atoms with van der Waals surface area (Å²) in [5.74, 6) is -0.260. The molecule has 20 heavy (non-hydrogen) atoms. The first-order chi connectivity index (χ1) is 9.76. The van der Waals surface area contributed by atoms with Crippen molar-refractivity contribution < 1.29 is 4.39 Å². The zero-order valence-corrected chi connectivity index (χ0v) is 10.4. The molecule has 0 bridgehead atoms. The predicted molar refractivity (Wildman–Crippen MR) is 74.0 cm³/mol. The van der Waals surface area contributed by atoms with Crippen LogP contribution in [0.5, 0.6) is 0 Å². The highest BCUT2D eigenvalue weighted by Crippen LogP contribution is 2.22. The van der Waals surface area contributed by atoms with E-state index in [9.17, 15) is 4.39 Å². The molecule has 0 saturated carbocycles. The Morgan fingerprint density at radius 2 is 2.15 bits per heavy atom. The molecule has 1 heterocycles. The van der Waals surface area contributed by atoms with Gasteiger partial charge in [0.25, 0.3) is 0 Å². The van der Waals surface area contributed by atoms with Crippen LogP contribution in [0.25, 0.3) is 21.3 Å². The second-order valence-corrected chi connectivity index (χ2v) is 4.36. The standard InChI is InChI=1S/C14H10FN5/c15-12-3-1-2-10(6-12)9-20-14-5-4-13(18-19-16)7-11(14)8-17-20/h1-8H,9H2. The third-order valence-corrected chi connectivity index (χ3v) is 3.01. The number of fused-ring (bicyclic) bond motifs is 1. The van der Waals surface area contributed by atoms with Crippen LogP contribution in [-0.4, -0.2) is 9.78 Å². The fourth-order valence-electron chi connectivity index (χ4n) is 2.12. The van der Waals surface area contributed by atoms with Crippen LogP contribution >= 0.6 is 0 Å². The fourth-order valence-corrected chi connectivity index (χ4v) is 2.12. The second kappa shape index (κ2) is 5.03. The molecule has 0 amide bonds. The predicted octanol–water partition coefficient (Wildman–Crippen LogP) is 4.17. The Balaban J connectivity index is 1.98. The monoisotopic (exact) mass is 267 g/mol. The number of benzene rings is 2. The Kier molecular flexibility index (Phi) is 3.07. The van der Waals surface area contributed by atoms with Gasteiger partial charge in [0.2, 0.25) is 0 Å². The molecule has 0 aliphatic heterocycles. The first-order valence-corrected chi connectivity index (χ1v) is 6.01. The van der Waals surface area contributed by atoms with Crippen molar-refractivity contribution in [1.29, 1.82) is 0 Å². The van der Waals surface area contributed by atoms with Gasteiger partial charge in [0.15, 0.2) is 0 Å². The summed E-state index contributed by atoms with van der Waals surface area (Å²) >= 11 is 0. The van der Waals surface area contributed by atoms with E-state index in [1.54, 1.807) is 29.1 Å². The van der Waals surface area contributed by atoms with Gasteiger partial charge in [0.1, 0.15) is 5.82 Å². The third-order valence-electron chi connectivity index (χ3n) is 3.01. The van der Waals surface area contributed by atoms with Crippen molar-refractivity contribution in [2.24, 2.45) is 5.11 Å².